The van der Waals surface area contributed by atoms with Crippen molar-refractivity contribution in [3.05, 3.63) is 36.5 Å². The minimum atomic E-state index is 0.0211. The summed E-state index contributed by atoms with van der Waals surface area (Å²) in [5.41, 5.74) is 3.35. The second-order valence-corrected chi connectivity index (χ2v) is 6.32. The molecule has 1 N–H and O–H groups in total. The zero-order valence-electron chi connectivity index (χ0n) is 12.0. The molecule has 3 heterocycles. The molecular weight excluding hydrogens is 248 g/mol. The molecule has 3 aromatic rings. The molecule has 1 aromatic carbocycles. The number of H-pyrrole nitrogens is 1. The van der Waals surface area contributed by atoms with Gasteiger partial charge in [0.2, 0.25) is 5.95 Å². The van der Waals surface area contributed by atoms with Crippen molar-refractivity contribution in [2.75, 3.05) is 4.90 Å². The maximum absolute atomic E-state index is 4.90. The van der Waals surface area contributed by atoms with Crippen molar-refractivity contribution >= 4 is 28.0 Å². The number of aromatic amines is 1. The number of para-hydroxylation sites is 1. The van der Waals surface area contributed by atoms with E-state index in [-0.39, 0.29) is 5.54 Å². The van der Waals surface area contributed by atoms with Crippen LogP contribution in [0.4, 0.5) is 5.95 Å². The number of hydrogen-bond acceptors (Lipinski definition) is 2. The average Bonchev–Trinajstić information content (AvgIpc) is 2.93. The Morgan fingerprint density at radius 1 is 1.20 bits per heavy atom. The Hall–Kier alpha value is -2.23. The molecule has 0 amide bonds. The summed E-state index contributed by atoms with van der Waals surface area (Å²) in [4.78, 5) is 10.6. The highest BCUT2D eigenvalue weighted by Crippen LogP contribution is 2.33. The predicted molar refractivity (Wildman–Crippen MR) is 83.0 cm³/mol. The molecule has 4 nitrogen and oxygen atoms in total. The number of fused-ring (bicyclic) bond motifs is 5. The number of aromatic nitrogens is 3. The Morgan fingerprint density at radius 3 is 2.80 bits per heavy atom. The number of anilines is 1. The third-order valence-corrected chi connectivity index (χ3v) is 3.86. The molecule has 0 unspecified atom stereocenters. The van der Waals surface area contributed by atoms with Crippen molar-refractivity contribution < 1.29 is 0 Å². The summed E-state index contributed by atoms with van der Waals surface area (Å²) >= 11 is 0. The van der Waals surface area contributed by atoms with Crippen LogP contribution in [0.2, 0.25) is 0 Å². The standard InChI is InChI=1S/C16H18N4/c1-16(2,3)20-10-6-9-19-14-13(18-15(19)20)11-7-4-5-8-12(11)17-14/h4-8,10,17H,9H2,1-3H3. The normalized spacial score (nSPS) is 15.2. The van der Waals surface area contributed by atoms with E-state index in [9.17, 15) is 0 Å². The van der Waals surface area contributed by atoms with E-state index in [1.807, 2.05) is 0 Å². The lowest BCUT2D eigenvalue weighted by molar-refractivity contribution is 0.529. The first-order valence-corrected chi connectivity index (χ1v) is 6.98. The number of nitrogens with zero attached hydrogens (tertiary/aromatic N) is 3. The second-order valence-electron chi connectivity index (χ2n) is 6.32. The van der Waals surface area contributed by atoms with Gasteiger partial charge in [-0.2, -0.15) is 0 Å². The molecule has 0 fully saturated rings. The van der Waals surface area contributed by atoms with Gasteiger partial charge in [-0.3, -0.25) is 4.57 Å². The van der Waals surface area contributed by atoms with Crippen molar-refractivity contribution in [1.29, 1.82) is 0 Å². The van der Waals surface area contributed by atoms with Crippen LogP contribution in [0.25, 0.3) is 22.1 Å². The fraction of sp³-hybridized carbons (Fsp3) is 0.312. The molecule has 0 bridgehead atoms. The van der Waals surface area contributed by atoms with Crippen LogP contribution in [-0.2, 0) is 6.54 Å². The summed E-state index contributed by atoms with van der Waals surface area (Å²) in [6.45, 7) is 7.47. The number of hydrogen-bond donors (Lipinski definition) is 1. The van der Waals surface area contributed by atoms with E-state index in [0.717, 1.165) is 29.2 Å². The maximum atomic E-state index is 4.90. The highest BCUT2D eigenvalue weighted by Gasteiger charge is 2.28. The molecule has 4 heteroatoms. The number of allylic oxidation sites excluding steroid dienone is 1. The highest BCUT2D eigenvalue weighted by molar-refractivity contribution is 6.04. The van der Waals surface area contributed by atoms with Gasteiger partial charge in [0.15, 0.2) is 0 Å². The van der Waals surface area contributed by atoms with Gasteiger partial charge in [-0.15, -0.1) is 0 Å². The van der Waals surface area contributed by atoms with Crippen molar-refractivity contribution in [2.45, 2.75) is 32.9 Å². The molecule has 0 spiro atoms. The minimum Gasteiger partial charge on any atom is -0.339 e. The first-order valence-electron chi connectivity index (χ1n) is 6.98. The van der Waals surface area contributed by atoms with Gasteiger partial charge in [0, 0.05) is 29.2 Å². The van der Waals surface area contributed by atoms with Gasteiger partial charge in [0.25, 0.3) is 0 Å². The lowest BCUT2D eigenvalue weighted by Crippen LogP contribution is -2.40. The van der Waals surface area contributed by atoms with Gasteiger partial charge in [-0.1, -0.05) is 18.2 Å². The lowest BCUT2D eigenvalue weighted by Gasteiger charge is -2.35. The molecule has 1 aliphatic heterocycles. The molecule has 4 rings (SSSR count). The SMILES string of the molecule is CC(C)(C)N1C=CCn2c1nc1c3ccccc3[nH]c12. The first-order chi connectivity index (χ1) is 9.55. The summed E-state index contributed by atoms with van der Waals surface area (Å²) in [6, 6.07) is 8.34. The first kappa shape index (κ1) is 11.6. The van der Waals surface area contributed by atoms with E-state index in [4.69, 9.17) is 4.98 Å². The molecule has 0 aliphatic carbocycles. The number of nitrogens with one attached hydrogen (secondary N) is 1. The van der Waals surface area contributed by atoms with Crippen LogP contribution in [0.15, 0.2) is 36.5 Å². The summed E-state index contributed by atoms with van der Waals surface area (Å²) < 4.78 is 2.25. The van der Waals surface area contributed by atoms with Crippen molar-refractivity contribution in [3.8, 4) is 0 Å². The third kappa shape index (κ3) is 1.45. The van der Waals surface area contributed by atoms with Crippen LogP contribution in [0.1, 0.15) is 20.8 Å². The summed E-state index contributed by atoms with van der Waals surface area (Å²) in [5, 5.41) is 1.19. The molecular formula is C16H18N4. The fourth-order valence-corrected chi connectivity index (χ4v) is 2.89. The Bertz CT molecular complexity index is 829. The molecule has 0 saturated heterocycles. The summed E-state index contributed by atoms with van der Waals surface area (Å²) in [7, 11) is 0. The van der Waals surface area contributed by atoms with Gasteiger partial charge in [-0.25, -0.2) is 4.98 Å². The third-order valence-electron chi connectivity index (χ3n) is 3.86. The molecule has 0 radical (unpaired) electrons. The van der Waals surface area contributed by atoms with Crippen LogP contribution >= 0.6 is 0 Å². The van der Waals surface area contributed by atoms with Crippen molar-refractivity contribution in [2.24, 2.45) is 0 Å². The van der Waals surface area contributed by atoms with Gasteiger partial charge in [0.05, 0.1) is 0 Å². The quantitative estimate of drug-likeness (QED) is 0.674. The van der Waals surface area contributed by atoms with Gasteiger partial charge < -0.3 is 9.88 Å². The van der Waals surface area contributed by atoms with Crippen LogP contribution in [0, 0.1) is 0 Å². The summed E-state index contributed by atoms with van der Waals surface area (Å²) in [6.07, 6.45) is 4.33. The van der Waals surface area contributed by atoms with Crippen molar-refractivity contribution in [3.63, 3.8) is 0 Å². The number of rotatable bonds is 0. The zero-order valence-corrected chi connectivity index (χ0v) is 12.0. The average molecular weight is 266 g/mol. The van der Waals surface area contributed by atoms with Crippen molar-refractivity contribution in [1.82, 2.24) is 14.5 Å². The lowest BCUT2D eigenvalue weighted by atomic mass is 10.1. The van der Waals surface area contributed by atoms with E-state index in [0.29, 0.717) is 0 Å². The van der Waals surface area contributed by atoms with Crippen LogP contribution in [0.5, 0.6) is 0 Å². The fourth-order valence-electron chi connectivity index (χ4n) is 2.89. The van der Waals surface area contributed by atoms with Crippen LogP contribution in [0.3, 0.4) is 0 Å². The molecule has 2 aromatic heterocycles. The van der Waals surface area contributed by atoms with Gasteiger partial charge in [0.1, 0.15) is 11.2 Å². The molecule has 0 atom stereocenters. The molecule has 0 saturated carbocycles. The van der Waals surface area contributed by atoms with E-state index >= 15 is 0 Å². The van der Waals surface area contributed by atoms with Crippen LogP contribution < -0.4 is 4.90 Å². The second kappa shape index (κ2) is 3.66. The predicted octanol–water partition coefficient (Wildman–Crippen LogP) is 3.65. The Kier molecular flexibility index (Phi) is 2.12. The Labute approximate surface area is 117 Å². The zero-order chi connectivity index (χ0) is 13.9. The van der Waals surface area contributed by atoms with Gasteiger partial charge >= 0.3 is 0 Å². The topological polar surface area (TPSA) is 36.9 Å². The van der Waals surface area contributed by atoms with E-state index in [2.05, 4.69) is 71.8 Å². The highest BCUT2D eigenvalue weighted by atomic mass is 15.4. The largest absolute Gasteiger partial charge is 0.339 e. The maximum Gasteiger partial charge on any atom is 0.212 e. The minimum absolute atomic E-state index is 0.0211. The molecule has 102 valence electrons. The van der Waals surface area contributed by atoms with E-state index < -0.39 is 0 Å². The number of imidazole rings is 1. The monoisotopic (exact) mass is 266 g/mol. The van der Waals surface area contributed by atoms with Crippen LogP contribution in [-0.4, -0.2) is 20.1 Å². The smallest absolute Gasteiger partial charge is 0.212 e. The Balaban J connectivity index is 2.03. The van der Waals surface area contributed by atoms with E-state index in [1.54, 1.807) is 0 Å². The van der Waals surface area contributed by atoms with E-state index in [1.165, 1.54) is 5.39 Å². The Morgan fingerprint density at radius 2 is 2.00 bits per heavy atom. The molecule has 1 aliphatic rings. The van der Waals surface area contributed by atoms with Gasteiger partial charge in [-0.05, 0) is 32.9 Å². The summed E-state index contributed by atoms with van der Waals surface area (Å²) in [5.74, 6) is 1.02. The molecule has 20 heavy (non-hydrogen) atoms. The number of benzene rings is 1.